The number of nitrogens with one attached hydrogen (secondary N) is 1. The summed E-state index contributed by atoms with van der Waals surface area (Å²) in [5, 5.41) is 3.56. The molecule has 1 aliphatic rings. The van der Waals surface area contributed by atoms with E-state index in [2.05, 4.69) is 65.1 Å². The smallest absolute Gasteiger partial charge is 0.0514 e. The van der Waals surface area contributed by atoms with Crippen molar-refractivity contribution in [2.45, 2.75) is 39.3 Å². The van der Waals surface area contributed by atoms with E-state index in [1.807, 2.05) is 0 Å². The van der Waals surface area contributed by atoms with Gasteiger partial charge in [-0.2, -0.15) is 0 Å². The largest absolute Gasteiger partial charge is 0.365 e. The van der Waals surface area contributed by atoms with Gasteiger partial charge in [0.1, 0.15) is 0 Å². The molecule has 94 valence electrons. The van der Waals surface area contributed by atoms with E-state index < -0.39 is 0 Å². The predicted molar refractivity (Wildman–Crippen MR) is 77.8 cm³/mol. The maximum absolute atomic E-state index is 3.70. The van der Waals surface area contributed by atoms with Gasteiger partial charge < -0.3 is 10.2 Å². The third-order valence-electron chi connectivity index (χ3n) is 3.50. The van der Waals surface area contributed by atoms with Crippen molar-refractivity contribution in [1.82, 2.24) is 5.32 Å². The lowest BCUT2D eigenvalue weighted by Gasteiger charge is -2.41. The molecule has 0 bridgehead atoms. The van der Waals surface area contributed by atoms with Crippen molar-refractivity contribution in [1.29, 1.82) is 0 Å². The minimum Gasteiger partial charge on any atom is -0.365 e. The molecule has 2 unspecified atom stereocenters. The van der Waals surface area contributed by atoms with Crippen LogP contribution in [0, 0.1) is 6.92 Å². The molecule has 1 aromatic rings. The highest BCUT2D eigenvalue weighted by atomic mass is 79.9. The molecule has 0 aromatic heterocycles. The minimum absolute atomic E-state index is 0.561. The number of halogens is 1. The van der Waals surface area contributed by atoms with Crippen molar-refractivity contribution in [2.75, 3.05) is 18.0 Å². The number of nitrogens with zero attached hydrogens (tertiary/aromatic N) is 1. The highest BCUT2D eigenvalue weighted by Crippen LogP contribution is 2.30. The van der Waals surface area contributed by atoms with Gasteiger partial charge in [-0.05, 0) is 53.9 Å². The van der Waals surface area contributed by atoms with Gasteiger partial charge in [-0.15, -0.1) is 0 Å². The van der Waals surface area contributed by atoms with Gasteiger partial charge in [0, 0.05) is 29.6 Å². The highest BCUT2D eigenvalue weighted by Gasteiger charge is 2.25. The maximum Gasteiger partial charge on any atom is 0.0514 e. The first-order chi connectivity index (χ1) is 8.11. The van der Waals surface area contributed by atoms with Crippen molar-refractivity contribution < 1.29 is 0 Å². The van der Waals surface area contributed by atoms with Crippen LogP contribution in [0.4, 0.5) is 5.69 Å². The second kappa shape index (κ2) is 5.40. The van der Waals surface area contributed by atoms with Crippen LogP contribution in [0.1, 0.15) is 25.8 Å². The third-order valence-corrected chi connectivity index (χ3v) is 4.13. The van der Waals surface area contributed by atoms with Gasteiger partial charge in [0.25, 0.3) is 0 Å². The van der Waals surface area contributed by atoms with Crippen LogP contribution in [-0.2, 0) is 0 Å². The topological polar surface area (TPSA) is 15.3 Å². The minimum atomic E-state index is 0.561. The van der Waals surface area contributed by atoms with Crippen molar-refractivity contribution in [3.8, 4) is 0 Å². The molecule has 2 rings (SSSR count). The van der Waals surface area contributed by atoms with E-state index >= 15 is 0 Å². The lowest BCUT2D eigenvalue weighted by Crippen LogP contribution is -2.55. The van der Waals surface area contributed by atoms with Gasteiger partial charge in [0.05, 0.1) is 5.69 Å². The van der Waals surface area contributed by atoms with Crippen LogP contribution >= 0.6 is 15.9 Å². The monoisotopic (exact) mass is 296 g/mol. The van der Waals surface area contributed by atoms with E-state index in [-0.39, 0.29) is 0 Å². The third kappa shape index (κ3) is 2.83. The van der Waals surface area contributed by atoms with Gasteiger partial charge in [-0.3, -0.25) is 0 Å². The maximum atomic E-state index is 3.70. The van der Waals surface area contributed by atoms with E-state index in [9.17, 15) is 0 Å². The number of rotatable bonds is 2. The molecule has 3 heteroatoms. The molecule has 0 amide bonds. The van der Waals surface area contributed by atoms with E-state index in [1.165, 1.54) is 22.1 Å². The van der Waals surface area contributed by atoms with Crippen molar-refractivity contribution >= 4 is 21.6 Å². The Morgan fingerprint density at radius 2 is 2.24 bits per heavy atom. The number of hydrogen-bond donors (Lipinski definition) is 1. The summed E-state index contributed by atoms with van der Waals surface area (Å²) in [5.74, 6) is 0. The molecule has 0 aliphatic carbocycles. The summed E-state index contributed by atoms with van der Waals surface area (Å²) in [4.78, 5) is 2.53. The van der Waals surface area contributed by atoms with Crippen molar-refractivity contribution in [2.24, 2.45) is 0 Å². The molecule has 1 aromatic carbocycles. The fraction of sp³-hybridized carbons (Fsp3) is 0.571. The van der Waals surface area contributed by atoms with Crippen LogP contribution in [0.25, 0.3) is 0 Å². The molecule has 1 fully saturated rings. The van der Waals surface area contributed by atoms with Crippen molar-refractivity contribution in [3.05, 3.63) is 28.2 Å². The quantitative estimate of drug-likeness (QED) is 0.900. The van der Waals surface area contributed by atoms with Gasteiger partial charge in [-0.1, -0.05) is 13.0 Å². The molecule has 17 heavy (non-hydrogen) atoms. The van der Waals surface area contributed by atoms with Crippen LogP contribution in [0.2, 0.25) is 0 Å². The summed E-state index contributed by atoms with van der Waals surface area (Å²) >= 11 is 3.70. The molecule has 0 saturated carbocycles. The summed E-state index contributed by atoms with van der Waals surface area (Å²) in [5.41, 5.74) is 2.63. The molecule has 1 N–H and O–H groups in total. The molecule has 2 atom stereocenters. The Kier molecular flexibility index (Phi) is 4.10. The van der Waals surface area contributed by atoms with Crippen LogP contribution in [-0.4, -0.2) is 25.2 Å². The van der Waals surface area contributed by atoms with Gasteiger partial charge >= 0.3 is 0 Å². The number of aryl methyl sites for hydroxylation is 1. The van der Waals surface area contributed by atoms with Crippen LogP contribution < -0.4 is 10.2 Å². The van der Waals surface area contributed by atoms with Crippen molar-refractivity contribution in [3.63, 3.8) is 0 Å². The van der Waals surface area contributed by atoms with E-state index in [4.69, 9.17) is 0 Å². The lowest BCUT2D eigenvalue weighted by molar-refractivity contribution is 0.402. The first-order valence-electron chi connectivity index (χ1n) is 6.38. The van der Waals surface area contributed by atoms with E-state index in [1.54, 1.807) is 0 Å². The Balaban J connectivity index is 2.28. The van der Waals surface area contributed by atoms with E-state index in [0.29, 0.717) is 12.1 Å². The zero-order chi connectivity index (χ0) is 12.4. The zero-order valence-electron chi connectivity index (χ0n) is 10.8. The number of anilines is 1. The molecule has 1 saturated heterocycles. The average molecular weight is 297 g/mol. The van der Waals surface area contributed by atoms with Crippen LogP contribution in [0.5, 0.6) is 0 Å². The lowest BCUT2D eigenvalue weighted by atomic mass is 10.1. The second-order valence-electron chi connectivity index (χ2n) is 4.98. The fourth-order valence-corrected chi connectivity index (χ4v) is 3.18. The second-order valence-corrected chi connectivity index (χ2v) is 5.83. The summed E-state index contributed by atoms with van der Waals surface area (Å²) in [6.45, 7) is 8.81. The van der Waals surface area contributed by atoms with Crippen LogP contribution in [0.15, 0.2) is 22.7 Å². The standard InChI is InChI=1S/C14H21BrN2/c1-4-12-8-16-11(3)9-17(12)14-6-5-10(2)7-13(14)15/h5-7,11-12,16H,4,8-9H2,1-3H3. The fourth-order valence-electron chi connectivity index (χ4n) is 2.46. The molecule has 1 heterocycles. The first kappa shape index (κ1) is 12.9. The highest BCUT2D eigenvalue weighted by molar-refractivity contribution is 9.10. The number of piperazine rings is 1. The summed E-state index contributed by atoms with van der Waals surface area (Å²) in [7, 11) is 0. The zero-order valence-corrected chi connectivity index (χ0v) is 12.4. The SMILES string of the molecule is CCC1CNC(C)CN1c1ccc(C)cc1Br. The Labute approximate surface area is 113 Å². The predicted octanol–water partition coefficient (Wildman–Crippen LogP) is 3.33. The molecular formula is C14H21BrN2. The molecular weight excluding hydrogens is 276 g/mol. The van der Waals surface area contributed by atoms with Gasteiger partial charge in [-0.25, -0.2) is 0 Å². The molecule has 1 aliphatic heterocycles. The molecule has 2 nitrogen and oxygen atoms in total. The Morgan fingerprint density at radius 3 is 2.88 bits per heavy atom. The summed E-state index contributed by atoms with van der Waals surface area (Å²) in [6, 6.07) is 7.80. The average Bonchev–Trinajstić information content (AvgIpc) is 2.29. The van der Waals surface area contributed by atoms with Crippen LogP contribution in [0.3, 0.4) is 0 Å². The normalized spacial score (nSPS) is 25.1. The Hall–Kier alpha value is -0.540. The summed E-state index contributed by atoms with van der Waals surface area (Å²) in [6.07, 6.45) is 1.18. The summed E-state index contributed by atoms with van der Waals surface area (Å²) < 4.78 is 1.21. The number of hydrogen-bond acceptors (Lipinski definition) is 2. The Morgan fingerprint density at radius 1 is 1.47 bits per heavy atom. The Bertz CT molecular complexity index is 392. The van der Waals surface area contributed by atoms with Gasteiger partial charge in [0.15, 0.2) is 0 Å². The number of benzene rings is 1. The van der Waals surface area contributed by atoms with Gasteiger partial charge in [0.2, 0.25) is 0 Å². The van der Waals surface area contributed by atoms with E-state index in [0.717, 1.165) is 13.1 Å². The molecule has 0 radical (unpaired) electrons. The molecule has 0 spiro atoms. The first-order valence-corrected chi connectivity index (χ1v) is 7.17.